The first-order valence-electron chi connectivity index (χ1n) is 18.2. The van der Waals surface area contributed by atoms with Crippen LogP contribution in [0.2, 0.25) is 0 Å². The zero-order valence-electron chi connectivity index (χ0n) is 29.8. The number of likely N-dealkylation sites (N-methyl/N-ethyl adjacent to an activating group) is 1. The lowest BCUT2D eigenvalue weighted by Crippen LogP contribution is -2.48. The van der Waals surface area contributed by atoms with Crippen molar-refractivity contribution in [1.29, 1.82) is 0 Å². The zero-order chi connectivity index (χ0) is 35.9. The van der Waals surface area contributed by atoms with Gasteiger partial charge < -0.3 is 20.0 Å². The number of nitrogens with one attached hydrogen (secondary N) is 2. The predicted molar refractivity (Wildman–Crippen MR) is 201 cm³/mol. The van der Waals surface area contributed by atoms with Crippen molar-refractivity contribution in [3.05, 3.63) is 85.7 Å². The van der Waals surface area contributed by atoms with E-state index in [9.17, 15) is 19.2 Å². The van der Waals surface area contributed by atoms with Crippen molar-refractivity contribution in [2.24, 2.45) is 12.5 Å². The van der Waals surface area contributed by atoms with Crippen LogP contribution in [0.3, 0.4) is 0 Å². The van der Waals surface area contributed by atoms with E-state index in [0.717, 1.165) is 93.8 Å². The number of aryl methyl sites for hydroxylation is 2. The second-order valence-corrected chi connectivity index (χ2v) is 16.0. The van der Waals surface area contributed by atoms with Crippen LogP contribution >= 0.6 is 15.9 Å². The van der Waals surface area contributed by atoms with Crippen molar-refractivity contribution in [3.63, 3.8) is 0 Å². The van der Waals surface area contributed by atoms with Gasteiger partial charge in [-0.25, -0.2) is 4.68 Å². The standard InChI is InChI=1S/C39H48BrN7O4/c1-25-4-9-30(21-32(25)31-10-11-34(48)43-36(31)49)46-16-12-39(13-17-46)14-18-47(19-15-39)37(50)27-7-5-26(6-8-27)28-20-29(24-44(2)23-28)42-33-22-41-45(3)38(51)35(33)40/h4-9,21-22,28-29,31,42H,10-20,23-24H2,1-3H3,(H,43,48,49)/t28-,29+,31?/m0/s1. The molecule has 3 atom stereocenters. The lowest BCUT2D eigenvalue weighted by molar-refractivity contribution is -0.134. The Kier molecular flexibility index (Phi) is 10.1. The van der Waals surface area contributed by atoms with Crippen LogP contribution in [0.15, 0.2) is 57.9 Å². The molecule has 4 aliphatic rings. The highest BCUT2D eigenvalue weighted by Gasteiger charge is 2.39. The molecule has 3 amide bonds. The van der Waals surface area contributed by atoms with Gasteiger partial charge in [-0.15, -0.1) is 0 Å². The molecule has 1 spiro atoms. The van der Waals surface area contributed by atoms with E-state index in [4.69, 9.17) is 0 Å². The molecule has 2 aromatic carbocycles. The molecule has 51 heavy (non-hydrogen) atoms. The molecule has 4 fully saturated rings. The number of imide groups is 1. The number of aromatic nitrogens is 2. The first kappa shape index (κ1) is 35.4. The summed E-state index contributed by atoms with van der Waals surface area (Å²) < 4.78 is 1.81. The summed E-state index contributed by atoms with van der Waals surface area (Å²) >= 11 is 3.43. The van der Waals surface area contributed by atoms with Crippen LogP contribution in [-0.2, 0) is 16.6 Å². The second-order valence-electron chi connectivity index (χ2n) is 15.2. The zero-order valence-corrected chi connectivity index (χ0v) is 31.4. The molecule has 3 aromatic rings. The molecule has 4 saturated heterocycles. The Morgan fingerprint density at radius 3 is 2.37 bits per heavy atom. The number of rotatable bonds is 6. The topological polar surface area (TPSA) is 120 Å². The van der Waals surface area contributed by atoms with E-state index >= 15 is 0 Å². The van der Waals surface area contributed by atoms with E-state index in [2.05, 4.69) is 78.8 Å². The smallest absolute Gasteiger partial charge is 0.282 e. The number of carbonyl (C=O) groups excluding carboxylic acids is 3. The number of halogens is 1. The number of anilines is 2. The number of hydrogen-bond acceptors (Lipinski definition) is 8. The van der Waals surface area contributed by atoms with Gasteiger partial charge in [0.1, 0.15) is 4.47 Å². The molecular weight excluding hydrogens is 710 g/mol. The Morgan fingerprint density at radius 2 is 1.67 bits per heavy atom. The highest BCUT2D eigenvalue weighted by molar-refractivity contribution is 9.10. The quantitative estimate of drug-likeness (QED) is 0.345. The molecule has 5 heterocycles. The fourth-order valence-electron chi connectivity index (χ4n) is 8.69. The third kappa shape index (κ3) is 7.48. The van der Waals surface area contributed by atoms with Crippen molar-refractivity contribution < 1.29 is 14.4 Å². The van der Waals surface area contributed by atoms with Crippen LogP contribution in [0.4, 0.5) is 11.4 Å². The normalized spacial score (nSPS) is 24.0. The van der Waals surface area contributed by atoms with Crippen molar-refractivity contribution in [3.8, 4) is 0 Å². The summed E-state index contributed by atoms with van der Waals surface area (Å²) in [4.78, 5) is 57.1. The highest BCUT2D eigenvalue weighted by Crippen LogP contribution is 2.43. The Balaban J connectivity index is 0.923. The molecular formula is C39H48BrN7O4. The molecule has 11 nitrogen and oxygen atoms in total. The minimum Gasteiger partial charge on any atom is -0.379 e. The number of carbonyl (C=O) groups is 3. The average Bonchev–Trinajstić information content (AvgIpc) is 3.13. The maximum Gasteiger partial charge on any atom is 0.282 e. The van der Waals surface area contributed by atoms with Crippen LogP contribution in [0, 0.1) is 12.3 Å². The minimum absolute atomic E-state index is 0.109. The van der Waals surface area contributed by atoms with E-state index in [1.807, 2.05) is 24.0 Å². The summed E-state index contributed by atoms with van der Waals surface area (Å²) in [5.74, 6) is -0.243. The molecule has 2 N–H and O–H groups in total. The number of nitrogens with zero attached hydrogens (tertiary/aromatic N) is 5. The average molecular weight is 759 g/mol. The lowest BCUT2D eigenvalue weighted by atomic mass is 9.71. The number of hydrogen-bond donors (Lipinski definition) is 2. The minimum atomic E-state index is -0.278. The van der Waals surface area contributed by atoms with Gasteiger partial charge in [-0.2, -0.15) is 5.10 Å². The molecule has 12 heteroatoms. The van der Waals surface area contributed by atoms with E-state index in [1.165, 1.54) is 10.2 Å². The Hall–Kier alpha value is -4.03. The molecule has 7 rings (SSSR count). The van der Waals surface area contributed by atoms with Gasteiger partial charge in [-0.1, -0.05) is 18.2 Å². The van der Waals surface area contributed by atoms with Gasteiger partial charge in [0.15, 0.2) is 0 Å². The van der Waals surface area contributed by atoms with Gasteiger partial charge in [0.25, 0.3) is 11.5 Å². The molecule has 270 valence electrons. The van der Waals surface area contributed by atoms with Crippen LogP contribution in [0.1, 0.15) is 83.8 Å². The van der Waals surface area contributed by atoms with Gasteiger partial charge in [0.2, 0.25) is 11.8 Å². The first-order valence-corrected chi connectivity index (χ1v) is 19.0. The Bertz CT molecular complexity index is 1860. The van der Waals surface area contributed by atoms with Crippen LogP contribution in [0.25, 0.3) is 0 Å². The van der Waals surface area contributed by atoms with Gasteiger partial charge >= 0.3 is 0 Å². The van der Waals surface area contributed by atoms with Crippen molar-refractivity contribution in [2.75, 3.05) is 56.5 Å². The fraction of sp³-hybridized carbons (Fsp3) is 0.513. The van der Waals surface area contributed by atoms with Crippen LogP contribution < -0.4 is 21.1 Å². The van der Waals surface area contributed by atoms with Gasteiger partial charge in [0.05, 0.1) is 17.8 Å². The van der Waals surface area contributed by atoms with Crippen molar-refractivity contribution >= 4 is 45.0 Å². The lowest BCUT2D eigenvalue weighted by Gasteiger charge is -2.47. The maximum atomic E-state index is 13.6. The molecule has 0 saturated carbocycles. The number of amides is 3. The monoisotopic (exact) mass is 757 g/mol. The summed E-state index contributed by atoms with van der Waals surface area (Å²) in [7, 11) is 3.75. The predicted octanol–water partition coefficient (Wildman–Crippen LogP) is 4.79. The molecule has 1 aromatic heterocycles. The van der Waals surface area contributed by atoms with E-state index in [0.29, 0.717) is 28.9 Å². The SMILES string of the molecule is Cc1ccc(N2CCC3(CCN(C(=O)c4ccc([C@H]5C[C@@H](Nc6cnn(C)c(=O)c6Br)CN(C)C5)cc4)CC3)CC2)cc1C1CCC(=O)NC1=O. The van der Waals surface area contributed by atoms with Crippen molar-refractivity contribution in [1.82, 2.24) is 24.9 Å². The van der Waals surface area contributed by atoms with Gasteiger partial charge in [0, 0.05) is 70.0 Å². The molecule has 0 radical (unpaired) electrons. The van der Waals surface area contributed by atoms with Crippen molar-refractivity contribution in [2.45, 2.75) is 69.7 Å². The first-order chi connectivity index (χ1) is 24.5. The summed E-state index contributed by atoms with van der Waals surface area (Å²) in [6, 6.07) is 14.8. The van der Waals surface area contributed by atoms with E-state index in [1.54, 1.807) is 13.2 Å². The van der Waals surface area contributed by atoms with Crippen LogP contribution in [0.5, 0.6) is 0 Å². The fourth-order valence-corrected chi connectivity index (χ4v) is 9.16. The van der Waals surface area contributed by atoms with Gasteiger partial charge in [-0.05, 0) is 121 Å². The number of likely N-dealkylation sites (tertiary alicyclic amines) is 2. The number of benzene rings is 2. The summed E-state index contributed by atoms with van der Waals surface area (Å²) in [6.45, 7) is 7.29. The third-order valence-electron chi connectivity index (χ3n) is 11.9. The molecule has 0 bridgehead atoms. The number of piperidine rings is 4. The maximum absolute atomic E-state index is 13.6. The third-order valence-corrected chi connectivity index (χ3v) is 12.6. The Morgan fingerprint density at radius 1 is 0.961 bits per heavy atom. The summed E-state index contributed by atoms with van der Waals surface area (Å²) in [6.07, 6.45) is 7.75. The van der Waals surface area contributed by atoms with E-state index < -0.39 is 0 Å². The summed E-state index contributed by atoms with van der Waals surface area (Å²) in [5, 5.41) is 10.2. The van der Waals surface area contributed by atoms with Gasteiger partial charge in [-0.3, -0.25) is 24.5 Å². The highest BCUT2D eigenvalue weighted by atomic mass is 79.9. The second kappa shape index (κ2) is 14.5. The van der Waals surface area contributed by atoms with Crippen LogP contribution in [-0.4, -0.2) is 89.7 Å². The summed E-state index contributed by atoms with van der Waals surface area (Å²) in [5.41, 5.74) is 6.00. The molecule has 0 aliphatic carbocycles. The molecule has 1 unspecified atom stereocenters. The Labute approximate surface area is 307 Å². The van der Waals surface area contributed by atoms with E-state index in [-0.39, 0.29) is 40.7 Å². The molecule has 4 aliphatic heterocycles. The largest absolute Gasteiger partial charge is 0.379 e.